The van der Waals surface area contributed by atoms with Crippen LogP contribution in [0.2, 0.25) is 0 Å². The van der Waals surface area contributed by atoms with Crippen LogP contribution in [-0.2, 0) is 10.2 Å². The van der Waals surface area contributed by atoms with Gasteiger partial charge in [0.1, 0.15) is 0 Å². The van der Waals surface area contributed by atoms with Crippen molar-refractivity contribution in [3.63, 3.8) is 0 Å². The first-order chi connectivity index (χ1) is 9.98. The van der Waals surface area contributed by atoms with Gasteiger partial charge in [0.25, 0.3) is 10.2 Å². The van der Waals surface area contributed by atoms with Crippen LogP contribution in [0.1, 0.15) is 32.6 Å². The van der Waals surface area contributed by atoms with Gasteiger partial charge in [-0.3, -0.25) is 4.90 Å². The normalized spacial score (nSPS) is 26.8. The topological polar surface area (TPSA) is 43.9 Å². The average molecular weight is 338 g/mol. The smallest absolute Gasteiger partial charge is 0.281 e. The molecule has 0 aromatic heterocycles. The molecule has 5 nitrogen and oxygen atoms in total. The highest BCUT2D eigenvalue weighted by Crippen LogP contribution is 2.23. The van der Waals surface area contributed by atoms with Crippen molar-refractivity contribution in [2.75, 3.05) is 45.7 Å². The summed E-state index contributed by atoms with van der Waals surface area (Å²) in [5.41, 5.74) is 0. The largest absolute Gasteiger partial charge is 0.299 e. The molecule has 0 aromatic carbocycles. The zero-order chi connectivity index (χ0) is 15.5. The van der Waals surface area contributed by atoms with Gasteiger partial charge in [-0.15, -0.1) is 11.6 Å². The highest BCUT2D eigenvalue weighted by atomic mass is 35.5. The first-order valence-electron chi connectivity index (χ1n) is 8.00. The lowest BCUT2D eigenvalue weighted by molar-refractivity contribution is 0.224. The molecular weight excluding hydrogens is 310 g/mol. The molecule has 0 N–H and O–H groups in total. The molecule has 1 unspecified atom stereocenters. The van der Waals surface area contributed by atoms with E-state index in [-0.39, 0.29) is 0 Å². The lowest BCUT2D eigenvalue weighted by atomic mass is 10.0. The van der Waals surface area contributed by atoms with Gasteiger partial charge < -0.3 is 0 Å². The lowest BCUT2D eigenvalue weighted by Gasteiger charge is -2.34. The maximum Gasteiger partial charge on any atom is 0.281 e. The van der Waals surface area contributed by atoms with Crippen molar-refractivity contribution in [3.05, 3.63) is 0 Å². The van der Waals surface area contributed by atoms with Crippen LogP contribution in [0.25, 0.3) is 0 Å². The third-order valence-electron chi connectivity index (χ3n) is 4.88. The van der Waals surface area contributed by atoms with E-state index >= 15 is 0 Å². The summed E-state index contributed by atoms with van der Waals surface area (Å²) in [5.74, 6) is 1.10. The molecule has 7 heteroatoms. The zero-order valence-electron chi connectivity index (χ0n) is 13.2. The van der Waals surface area contributed by atoms with Crippen molar-refractivity contribution in [1.82, 2.24) is 13.5 Å². The standard InChI is InChI=1S/C14H28ClN3O2S/c1-3-17-8-4-5-14(17)12-16(2)21(19,20)18-9-6-13(11-15)7-10-18/h13-14H,3-12H2,1-2H3. The number of likely N-dealkylation sites (N-methyl/N-ethyl adjacent to an activating group) is 2. The summed E-state index contributed by atoms with van der Waals surface area (Å²) < 4.78 is 28.5. The first-order valence-corrected chi connectivity index (χ1v) is 9.93. The third kappa shape index (κ3) is 4.10. The van der Waals surface area contributed by atoms with E-state index in [9.17, 15) is 8.42 Å². The van der Waals surface area contributed by atoms with Gasteiger partial charge in [0.15, 0.2) is 0 Å². The molecule has 2 rings (SSSR count). The Labute approximate surface area is 134 Å². The van der Waals surface area contributed by atoms with Crippen LogP contribution in [0, 0.1) is 5.92 Å². The molecule has 2 heterocycles. The zero-order valence-corrected chi connectivity index (χ0v) is 14.7. The van der Waals surface area contributed by atoms with Crippen molar-refractivity contribution in [1.29, 1.82) is 0 Å². The Hall–Kier alpha value is 0.120. The number of likely N-dealkylation sites (tertiary alicyclic amines) is 1. The van der Waals surface area contributed by atoms with Gasteiger partial charge in [0.05, 0.1) is 0 Å². The van der Waals surface area contributed by atoms with Crippen molar-refractivity contribution in [3.8, 4) is 0 Å². The Bertz CT molecular complexity index is 424. The minimum absolute atomic E-state index is 0.371. The van der Waals surface area contributed by atoms with Crippen LogP contribution in [0.3, 0.4) is 0 Å². The van der Waals surface area contributed by atoms with Gasteiger partial charge in [-0.25, -0.2) is 0 Å². The predicted octanol–water partition coefficient (Wildman–Crippen LogP) is 1.60. The van der Waals surface area contributed by atoms with Crippen molar-refractivity contribution >= 4 is 21.8 Å². The number of rotatable bonds is 6. The second kappa shape index (κ2) is 7.59. The Morgan fingerprint density at radius 1 is 1.19 bits per heavy atom. The van der Waals surface area contributed by atoms with Crippen molar-refractivity contribution < 1.29 is 8.42 Å². The van der Waals surface area contributed by atoms with Gasteiger partial charge in [-0.05, 0) is 44.7 Å². The van der Waals surface area contributed by atoms with E-state index in [1.54, 1.807) is 15.7 Å². The van der Waals surface area contributed by atoms with E-state index in [1.807, 2.05) is 0 Å². The van der Waals surface area contributed by atoms with Crippen LogP contribution in [0.15, 0.2) is 0 Å². The molecule has 2 fully saturated rings. The molecule has 0 aromatic rings. The first kappa shape index (κ1) is 17.5. The number of nitrogens with zero attached hydrogens (tertiary/aromatic N) is 3. The lowest BCUT2D eigenvalue weighted by Crippen LogP contribution is -2.49. The number of piperidine rings is 1. The Balaban J connectivity index is 1.92. The maximum atomic E-state index is 12.7. The van der Waals surface area contributed by atoms with E-state index in [0.29, 0.717) is 37.5 Å². The highest BCUT2D eigenvalue weighted by molar-refractivity contribution is 7.86. The second-order valence-electron chi connectivity index (χ2n) is 6.21. The summed E-state index contributed by atoms with van der Waals surface area (Å²) in [5, 5.41) is 0. The van der Waals surface area contributed by atoms with Gasteiger partial charge in [-0.1, -0.05) is 6.92 Å². The van der Waals surface area contributed by atoms with E-state index in [1.165, 1.54) is 6.42 Å². The monoisotopic (exact) mass is 337 g/mol. The number of hydrogen-bond acceptors (Lipinski definition) is 3. The van der Waals surface area contributed by atoms with Gasteiger partial charge >= 0.3 is 0 Å². The van der Waals surface area contributed by atoms with Gasteiger partial charge in [0.2, 0.25) is 0 Å². The van der Waals surface area contributed by atoms with Gasteiger partial charge in [0, 0.05) is 38.6 Å². The quantitative estimate of drug-likeness (QED) is 0.691. The third-order valence-corrected chi connectivity index (χ3v) is 7.28. The minimum atomic E-state index is -3.32. The molecular formula is C14H28ClN3O2S. The van der Waals surface area contributed by atoms with Crippen LogP contribution in [0.4, 0.5) is 0 Å². The molecule has 0 saturated carbocycles. The number of hydrogen-bond donors (Lipinski definition) is 0. The molecule has 21 heavy (non-hydrogen) atoms. The summed E-state index contributed by atoms with van der Waals surface area (Å²) in [6, 6.07) is 0.371. The summed E-state index contributed by atoms with van der Waals surface area (Å²) in [6.07, 6.45) is 4.03. The SMILES string of the molecule is CCN1CCCC1CN(C)S(=O)(=O)N1CCC(CCl)CC1. The summed E-state index contributed by atoms with van der Waals surface area (Å²) in [4.78, 5) is 2.38. The second-order valence-corrected chi connectivity index (χ2v) is 8.55. The fourth-order valence-electron chi connectivity index (χ4n) is 3.40. The van der Waals surface area contributed by atoms with Crippen molar-refractivity contribution in [2.24, 2.45) is 5.92 Å². The van der Waals surface area contributed by atoms with E-state index in [2.05, 4.69) is 11.8 Å². The molecule has 2 aliphatic rings. The minimum Gasteiger partial charge on any atom is -0.299 e. The number of alkyl halides is 1. The van der Waals surface area contributed by atoms with Gasteiger partial charge in [-0.2, -0.15) is 17.0 Å². The van der Waals surface area contributed by atoms with E-state index < -0.39 is 10.2 Å². The molecule has 1 atom stereocenters. The average Bonchev–Trinajstić information content (AvgIpc) is 2.94. The van der Waals surface area contributed by atoms with Crippen LogP contribution < -0.4 is 0 Å². The fourth-order valence-corrected chi connectivity index (χ4v) is 5.14. The number of halogens is 1. The molecule has 0 bridgehead atoms. The van der Waals surface area contributed by atoms with E-state index in [4.69, 9.17) is 11.6 Å². The molecule has 2 aliphatic heterocycles. The molecule has 2 saturated heterocycles. The maximum absolute atomic E-state index is 12.7. The summed E-state index contributed by atoms with van der Waals surface area (Å²) >= 11 is 5.87. The van der Waals surface area contributed by atoms with Crippen LogP contribution in [-0.4, -0.2) is 73.6 Å². The summed E-state index contributed by atoms with van der Waals surface area (Å²) in [6.45, 7) is 6.05. The molecule has 0 amide bonds. The van der Waals surface area contributed by atoms with Crippen LogP contribution in [0.5, 0.6) is 0 Å². The Morgan fingerprint density at radius 3 is 2.43 bits per heavy atom. The Morgan fingerprint density at radius 2 is 1.86 bits per heavy atom. The molecule has 0 spiro atoms. The summed E-state index contributed by atoms with van der Waals surface area (Å²) in [7, 11) is -1.60. The molecule has 124 valence electrons. The molecule has 0 radical (unpaired) electrons. The van der Waals surface area contributed by atoms with E-state index in [0.717, 1.165) is 32.4 Å². The predicted molar refractivity (Wildman–Crippen MR) is 86.8 cm³/mol. The highest BCUT2D eigenvalue weighted by Gasteiger charge is 2.33. The molecule has 0 aliphatic carbocycles. The van der Waals surface area contributed by atoms with Crippen LogP contribution >= 0.6 is 11.6 Å². The fraction of sp³-hybridized carbons (Fsp3) is 1.00. The van der Waals surface area contributed by atoms with Crippen molar-refractivity contribution in [2.45, 2.75) is 38.6 Å². The Kier molecular flexibility index (Phi) is 6.32.